The summed E-state index contributed by atoms with van der Waals surface area (Å²) >= 11 is 0. The van der Waals surface area contributed by atoms with E-state index in [1.54, 1.807) is 6.92 Å². The number of H-pyrrole nitrogens is 1. The Balaban J connectivity index is 1.41. The highest BCUT2D eigenvalue weighted by molar-refractivity contribution is 5.93. The molecule has 1 atom stereocenters. The molecule has 2 saturated heterocycles. The third-order valence-electron chi connectivity index (χ3n) is 6.86. The van der Waals surface area contributed by atoms with Crippen LogP contribution in [0, 0.1) is 12.8 Å². The molecule has 0 aromatic carbocycles. The van der Waals surface area contributed by atoms with Crippen molar-refractivity contribution in [3.05, 3.63) is 27.9 Å². The zero-order chi connectivity index (χ0) is 20.2. The van der Waals surface area contributed by atoms with Crippen molar-refractivity contribution in [1.82, 2.24) is 19.8 Å². The van der Waals surface area contributed by atoms with Crippen molar-refractivity contribution in [2.75, 3.05) is 32.8 Å². The topological polar surface area (TPSA) is 78.5 Å². The molecular weight excluding hydrogens is 368 g/mol. The van der Waals surface area contributed by atoms with E-state index in [0.29, 0.717) is 24.8 Å². The van der Waals surface area contributed by atoms with Gasteiger partial charge in [0.1, 0.15) is 11.4 Å². The number of aromatic amines is 1. The third kappa shape index (κ3) is 5.07. The Bertz CT molecular complexity index is 745. The second-order valence-corrected chi connectivity index (χ2v) is 8.97. The molecule has 2 aliphatic heterocycles. The van der Waals surface area contributed by atoms with Crippen LogP contribution in [0.3, 0.4) is 0 Å². The highest BCUT2D eigenvalue weighted by Crippen LogP contribution is 2.28. The summed E-state index contributed by atoms with van der Waals surface area (Å²) in [6, 6.07) is 0.776. The summed E-state index contributed by atoms with van der Waals surface area (Å²) in [7, 11) is 0. The number of ether oxygens (including phenoxy) is 1. The molecule has 3 aliphatic rings. The number of nitrogens with one attached hydrogen (secondary N) is 1. The van der Waals surface area contributed by atoms with Crippen LogP contribution in [-0.2, 0) is 4.74 Å². The lowest BCUT2D eigenvalue weighted by Crippen LogP contribution is -2.46. The number of hydrogen-bond acceptors (Lipinski definition) is 5. The maximum Gasteiger partial charge on any atom is 0.263 e. The van der Waals surface area contributed by atoms with Crippen LogP contribution in [0.5, 0.6) is 0 Å². The standard InChI is InChI=1S/C22H34N4O3/c1-16-23-13-20(21(27)24-16)22(28)26(15-19-7-4-12-29-19)14-17-8-10-25(11-9-17)18-5-2-3-6-18/h13,17-19H,2-12,14-15H2,1H3,(H,23,24,27)/t19-/m0/s1. The predicted octanol–water partition coefficient (Wildman–Crippen LogP) is 2.35. The van der Waals surface area contributed by atoms with Crippen molar-refractivity contribution in [3.63, 3.8) is 0 Å². The summed E-state index contributed by atoms with van der Waals surface area (Å²) in [5.74, 6) is 0.791. The monoisotopic (exact) mass is 402 g/mol. The number of aromatic nitrogens is 2. The van der Waals surface area contributed by atoms with Crippen LogP contribution in [0.4, 0.5) is 0 Å². The van der Waals surface area contributed by atoms with Gasteiger partial charge in [0.2, 0.25) is 0 Å². The van der Waals surface area contributed by atoms with E-state index in [9.17, 15) is 9.59 Å². The van der Waals surface area contributed by atoms with E-state index in [2.05, 4.69) is 14.9 Å². The van der Waals surface area contributed by atoms with Crippen molar-refractivity contribution < 1.29 is 9.53 Å². The van der Waals surface area contributed by atoms with Gasteiger partial charge in [-0.05, 0) is 64.5 Å². The molecule has 1 aromatic rings. The summed E-state index contributed by atoms with van der Waals surface area (Å²) < 4.78 is 5.79. The molecule has 4 rings (SSSR count). The van der Waals surface area contributed by atoms with E-state index < -0.39 is 0 Å². The van der Waals surface area contributed by atoms with Crippen molar-refractivity contribution in [2.45, 2.75) is 70.4 Å². The molecule has 0 unspecified atom stereocenters. The second kappa shape index (κ2) is 9.39. The van der Waals surface area contributed by atoms with Crippen LogP contribution < -0.4 is 5.56 Å². The van der Waals surface area contributed by atoms with E-state index in [1.807, 2.05) is 4.90 Å². The highest BCUT2D eigenvalue weighted by atomic mass is 16.5. The molecule has 29 heavy (non-hydrogen) atoms. The molecule has 0 radical (unpaired) electrons. The number of carbonyl (C=O) groups is 1. The SMILES string of the molecule is Cc1ncc(C(=O)N(CC2CCN(C3CCCC3)CC2)C[C@@H]2CCCO2)c(=O)[nH]1. The minimum absolute atomic E-state index is 0.0787. The molecule has 7 heteroatoms. The fourth-order valence-corrected chi connectivity index (χ4v) is 5.16. The lowest BCUT2D eigenvalue weighted by molar-refractivity contribution is 0.0427. The minimum atomic E-state index is -0.351. The van der Waals surface area contributed by atoms with E-state index >= 15 is 0 Å². The number of likely N-dealkylation sites (tertiary alicyclic amines) is 1. The average molecular weight is 403 g/mol. The van der Waals surface area contributed by atoms with Gasteiger partial charge < -0.3 is 19.5 Å². The fourth-order valence-electron chi connectivity index (χ4n) is 5.16. The smallest absolute Gasteiger partial charge is 0.263 e. The van der Waals surface area contributed by atoms with E-state index in [1.165, 1.54) is 31.9 Å². The number of nitrogens with zero attached hydrogens (tertiary/aromatic N) is 3. The van der Waals surface area contributed by atoms with E-state index in [-0.39, 0.29) is 23.1 Å². The van der Waals surface area contributed by atoms with Crippen LogP contribution in [0.25, 0.3) is 0 Å². The van der Waals surface area contributed by atoms with Crippen molar-refractivity contribution >= 4 is 5.91 Å². The fraction of sp³-hybridized carbons (Fsp3) is 0.773. The van der Waals surface area contributed by atoms with Gasteiger partial charge in [-0.3, -0.25) is 9.59 Å². The molecular formula is C22H34N4O3. The number of hydrogen-bond donors (Lipinski definition) is 1. The lowest BCUT2D eigenvalue weighted by Gasteiger charge is -2.38. The first kappa shape index (κ1) is 20.5. The maximum atomic E-state index is 13.2. The average Bonchev–Trinajstić information content (AvgIpc) is 3.42. The van der Waals surface area contributed by atoms with Gasteiger partial charge in [0, 0.05) is 31.9 Å². The quantitative estimate of drug-likeness (QED) is 0.790. The van der Waals surface area contributed by atoms with Crippen LogP contribution in [-0.4, -0.2) is 70.6 Å². The van der Waals surface area contributed by atoms with Crippen molar-refractivity contribution in [2.24, 2.45) is 5.92 Å². The van der Waals surface area contributed by atoms with Crippen molar-refractivity contribution in [3.8, 4) is 0 Å². The lowest BCUT2D eigenvalue weighted by atomic mass is 9.94. The molecule has 1 amide bonds. The molecule has 1 aliphatic carbocycles. The predicted molar refractivity (Wildman–Crippen MR) is 111 cm³/mol. The second-order valence-electron chi connectivity index (χ2n) is 8.97. The first-order valence-electron chi connectivity index (χ1n) is 11.3. The molecule has 3 fully saturated rings. The van der Waals surface area contributed by atoms with Gasteiger partial charge in [-0.1, -0.05) is 12.8 Å². The first-order valence-corrected chi connectivity index (χ1v) is 11.3. The zero-order valence-electron chi connectivity index (χ0n) is 17.6. The summed E-state index contributed by atoms with van der Waals surface area (Å²) in [4.78, 5) is 36.8. The van der Waals surface area contributed by atoms with Crippen LogP contribution >= 0.6 is 0 Å². The Labute approximate surface area is 172 Å². The molecule has 1 aromatic heterocycles. The van der Waals surface area contributed by atoms with E-state index in [0.717, 1.165) is 51.4 Å². The van der Waals surface area contributed by atoms with Gasteiger partial charge in [0.25, 0.3) is 11.5 Å². The van der Waals surface area contributed by atoms with Gasteiger partial charge in [-0.25, -0.2) is 4.98 Å². The Morgan fingerprint density at radius 1 is 1.17 bits per heavy atom. The number of carbonyl (C=O) groups excluding carboxylic acids is 1. The molecule has 0 spiro atoms. The van der Waals surface area contributed by atoms with Gasteiger partial charge in [-0.15, -0.1) is 0 Å². The Morgan fingerprint density at radius 3 is 2.59 bits per heavy atom. The molecule has 1 saturated carbocycles. The Hall–Kier alpha value is -1.73. The number of piperidine rings is 1. The summed E-state index contributed by atoms with van der Waals surface area (Å²) in [6.07, 6.45) is 11.2. The number of amides is 1. The Morgan fingerprint density at radius 2 is 1.93 bits per heavy atom. The summed E-state index contributed by atoms with van der Waals surface area (Å²) in [6.45, 7) is 6.00. The molecule has 7 nitrogen and oxygen atoms in total. The largest absolute Gasteiger partial charge is 0.376 e. The zero-order valence-corrected chi connectivity index (χ0v) is 17.6. The van der Waals surface area contributed by atoms with Gasteiger partial charge in [-0.2, -0.15) is 0 Å². The maximum absolute atomic E-state index is 13.2. The molecule has 1 N–H and O–H groups in total. The van der Waals surface area contributed by atoms with Gasteiger partial charge >= 0.3 is 0 Å². The first-order chi connectivity index (χ1) is 14.1. The Kier molecular flexibility index (Phi) is 6.65. The minimum Gasteiger partial charge on any atom is -0.376 e. The van der Waals surface area contributed by atoms with Gasteiger partial charge in [0.05, 0.1) is 6.10 Å². The normalized spacial score (nSPS) is 24.2. The molecule has 0 bridgehead atoms. The van der Waals surface area contributed by atoms with Gasteiger partial charge in [0.15, 0.2) is 0 Å². The van der Waals surface area contributed by atoms with Crippen LogP contribution in [0.15, 0.2) is 11.0 Å². The number of aryl methyl sites for hydroxylation is 1. The number of rotatable bonds is 6. The van der Waals surface area contributed by atoms with Crippen LogP contribution in [0.2, 0.25) is 0 Å². The summed E-state index contributed by atoms with van der Waals surface area (Å²) in [5, 5.41) is 0. The molecule has 3 heterocycles. The van der Waals surface area contributed by atoms with Crippen LogP contribution in [0.1, 0.15) is 67.5 Å². The highest BCUT2D eigenvalue weighted by Gasteiger charge is 2.31. The van der Waals surface area contributed by atoms with Crippen molar-refractivity contribution in [1.29, 1.82) is 0 Å². The van der Waals surface area contributed by atoms with E-state index in [4.69, 9.17) is 4.74 Å². The molecule has 160 valence electrons. The summed E-state index contributed by atoms with van der Waals surface area (Å²) in [5.41, 5.74) is -0.215. The third-order valence-corrected chi connectivity index (χ3v) is 6.86.